The monoisotopic (exact) mass is 292 g/mol. The standard InChI is InChI=1S/C15H20N2O4/c1-19-13-3-2-12(16-17-13)14(18)11-4-7-21-15(10-11)5-8-20-9-6-15/h2-3,11H,4-10H2,1H3. The molecule has 1 aromatic rings. The van der Waals surface area contributed by atoms with E-state index in [1.165, 1.54) is 7.11 Å². The summed E-state index contributed by atoms with van der Waals surface area (Å²) >= 11 is 0. The minimum atomic E-state index is -0.184. The summed E-state index contributed by atoms with van der Waals surface area (Å²) in [4.78, 5) is 12.6. The van der Waals surface area contributed by atoms with Gasteiger partial charge in [0.15, 0.2) is 5.78 Å². The van der Waals surface area contributed by atoms with Crippen LogP contribution in [0.5, 0.6) is 5.88 Å². The van der Waals surface area contributed by atoms with Crippen LogP contribution in [0, 0.1) is 5.92 Å². The van der Waals surface area contributed by atoms with E-state index in [1.807, 2.05) is 0 Å². The van der Waals surface area contributed by atoms with Gasteiger partial charge in [-0.2, -0.15) is 0 Å². The predicted molar refractivity (Wildman–Crippen MR) is 74.4 cm³/mol. The smallest absolute Gasteiger partial charge is 0.233 e. The van der Waals surface area contributed by atoms with E-state index in [-0.39, 0.29) is 17.3 Å². The van der Waals surface area contributed by atoms with Gasteiger partial charge in [-0.05, 0) is 31.7 Å². The lowest BCUT2D eigenvalue weighted by Gasteiger charge is -2.42. The number of hydrogen-bond donors (Lipinski definition) is 0. The predicted octanol–water partition coefficient (Wildman–Crippen LogP) is 1.64. The molecule has 1 atom stereocenters. The highest BCUT2D eigenvalue weighted by Gasteiger charge is 2.41. The molecule has 0 radical (unpaired) electrons. The summed E-state index contributed by atoms with van der Waals surface area (Å²) in [6, 6.07) is 3.35. The zero-order valence-electron chi connectivity index (χ0n) is 12.2. The fraction of sp³-hybridized carbons (Fsp3) is 0.667. The number of nitrogens with zero attached hydrogens (tertiary/aromatic N) is 2. The minimum Gasteiger partial charge on any atom is -0.480 e. The molecule has 1 spiro atoms. The molecule has 2 saturated heterocycles. The molecule has 0 aliphatic carbocycles. The van der Waals surface area contributed by atoms with Gasteiger partial charge < -0.3 is 14.2 Å². The highest BCUT2D eigenvalue weighted by Crippen LogP contribution is 2.38. The Labute approximate surface area is 123 Å². The Morgan fingerprint density at radius 2 is 2.10 bits per heavy atom. The molecule has 0 saturated carbocycles. The van der Waals surface area contributed by atoms with Crippen molar-refractivity contribution in [1.82, 2.24) is 10.2 Å². The number of carbonyl (C=O) groups is 1. The third-order valence-corrected chi connectivity index (χ3v) is 4.37. The van der Waals surface area contributed by atoms with Crippen LogP contribution in [0.1, 0.15) is 36.2 Å². The van der Waals surface area contributed by atoms with E-state index in [9.17, 15) is 4.79 Å². The van der Waals surface area contributed by atoms with Crippen molar-refractivity contribution in [3.8, 4) is 5.88 Å². The Kier molecular flexibility index (Phi) is 4.17. The highest BCUT2D eigenvalue weighted by atomic mass is 16.5. The van der Waals surface area contributed by atoms with Crippen molar-refractivity contribution in [2.24, 2.45) is 5.92 Å². The number of rotatable bonds is 3. The summed E-state index contributed by atoms with van der Waals surface area (Å²) in [6.45, 7) is 2.05. The summed E-state index contributed by atoms with van der Waals surface area (Å²) < 4.78 is 16.3. The Bertz CT molecular complexity index is 491. The quantitative estimate of drug-likeness (QED) is 0.789. The molecule has 2 fully saturated rings. The molecule has 1 unspecified atom stereocenters. The van der Waals surface area contributed by atoms with Gasteiger partial charge in [0.2, 0.25) is 5.88 Å². The first-order chi connectivity index (χ1) is 10.2. The van der Waals surface area contributed by atoms with E-state index in [0.717, 1.165) is 25.7 Å². The third kappa shape index (κ3) is 3.06. The Morgan fingerprint density at radius 3 is 2.76 bits per heavy atom. The first-order valence-corrected chi connectivity index (χ1v) is 7.36. The fourth-order valence-electron chi connectivity index (χ4n) is 3.11. The molecule has 21 heavy (non-hydrogen) atoms. The van der Waals surface area contributed by atoms with E-state index in [1.54, 1.807) is 12.1 Å². The molecular weight excluding hydrogens is 272 g/mol. The van der Waals surface area contributed by atoms with Gasteiger partial charge in [-0.25, -0.2) is 0 Å². The van der Waals surface area contributed by atoms with Gasteiger partial charge in [-0.3, -0.25) is 4.79 Å². The number of hydrogen-bond acceptors (Lipinski definition) is 6. The third-order valence-electron chi connectivity index (χ3n) is 4.37. The van der Waals surface area contributed by atoms with E-state index in [2.05, 4.69) is 10.2 Å². The van der Waals surface area contributed by atoms with Gasteiger partial charge in [-0.1, -0.05) is 0 Å². The molecule has 0 N–H and O–H groups in total. The summed E-state index contributed by atoms with van der Waals surface area (Å²) in [5.74, 6) is 0.429. The highest BCUT2D eigenvalue weighted by molar-refractivity contribution is 5.96. The van der Waals surface area contributed by atoms with Crippen LogP contribution in [-0.2, 0) is 9.47 Å². The van der Waals surface area contributed by atoms with Gasteiger partial charge in [0, 0.05) is 31.8 Å². The van der Waals surface area contributed by atoms with Gasteiger partial charge in [0.1, 0.15) is 5.69 Å². The van der Waals surface area contributed by atoms with Gasteiger partial charge >= 0.3 is 0 Å². The average molecular weight is 292 g/mol. The fourth-order valence-corrected chi connectivity index (χ4v) is 3.11. The maximum Gasteiger partial charge on any atom is 0.233 e. The second-order valence-corrected chi connectivity index (χ2v) is 5.66. The summed E-state index contributed by atoms with van der Waals surface area (Å²) in [6.07, 6.45) is 3.23. The summed E-state index contributed by atoms with van der Waals surface area (Å²) in [5, 5.41) is 7.84. The number of methoxy groups -OCH3 is 1. The molecule has 0 aromatic carbocycles. The zero-order valence-corrected chi connectivity index (χ0v) is 12.2. The number of ketones is 1. The van der Waals surface area contributed by atoms with Crippen LogP contribution >= 0.6 is 0 Å². The topological polar surface area (TPSA) is 70.5 Å². The number of Topliss-reactive ketones (excluding diaryl/α,β-unsaturated/α-hetero) is 1. The van der Waals surface area contributed by atoms with Crippen LogP contribution in [0.2, 0.25) is 0 Å². The van der Waals surface area contributed by atoms with Crippen molar-refractivity contribution in [3.05, 3.63) is 17.8 Å². The minimum absolute atomic E-state index is 0.0421. The molecule has 2 aliphatic rings. The largest absolute Gasteiger partial charge is 0.480 e. The maximum atomic E-state index is 12.6. The van der Waals surface area contributed by atoms with E-state index >= 15 is 0 Å². The van der Waals surface area contributed by atoms with Crippen LogP contribution < -0.4 is 4.74 Å². The molecule has 3 rings (SSSR count). The lowest BCUT2D eigenvalue weighted by molar-refractivity contribution is -0.142. The SMILES string of the molecule is COc1ccc(C(=O)C2CCOC3(CCOCC3)C2)nn1. The summed E-state index contributed by atoms with van der Waals surface area (Å²) in [5.41, 5.74) is 0.224. The zero-order chi connectivity index (χ0) is 14.7. The Morgan fingerprint density at radius 1 is 1.29 bits per heavy atom. The molecule has 1 aromatic heterocycles. The molecule has 0 bridgehead atoms. The number of carbonyl (C=O) groups excluding carboxylic acids is 1. The first kappa shape index (κ1) is 14.4. The number of ether oxygens (including phenoxy) is 3. The second kappa shape index (κ2) is 6.07. The van der Waals surface area contributed by atoms with Crippen LogP contribution in [0.3, 0.4) is 0 Å². The van der Waals surface area contributed by atoms with Crippen molar-refractivity contribution in [2.45, 2.75) is 31.3 Å². The normalized spacial score (nSPS) is 24.7. The molecule has 114 valence electrons. The maximum absolute atomic E-state index is 12.6. The lowest BCUT2D eigenvalue weighted by atomic mass is 9.78. The van der Waals surface area contributed by atoms with Crippen LogP contribution in [0.15, 0.2) is 12.1 Å². The van der Waals surface area contributed by atoms with Crippen molar-refractivity contribution in [3.63, 3.8) is 0 Å². The molecule has 3 heterocycles. The van der Waals surface area contributed by atoms with E-state index < -0.39 is 0 Å². The van der Waals surface area contributed by atoms with Crippen LogP contribution in [0.4, 0.5) is 0 Å². The molecular formula is C15H20N2O4. The average Bonchev–Trinajstić information content (AvgIpc) is 2.55. The van der Waals surface area contributed by atoms with Gasteiger partial charge in [0.05, 0.1) is 12.7 Å². The number of aromatic nitrogens is 2. The van der Waals surface area contributed by atoms with Crippen LogP contribution in [0.25, 0.3) is 0 Å². The van der Waals surface area contributed by atoms with E-state index in [0.29, 0.717) is 31.4 Å². The van der Waals surface area contributed by atoms with Crippen molar-refractivity contribution >= 4 is 5.78 Å². The van der Waals surface area contributed by atoms with Crippen molar-refractivity contribution in [1.29, 1.82) is 0 Å². The van der Waals surface area contributed by atoms with Crippen LogP contribution in [-0.4, -0.2) is 48.5 Å². The molecule has 0 amide bonds. The second-order valence-electron chi connectivity index (χ2n) is 5.66. The van der Waals surface area contributed by atoms with Gasteiger partial charge in [-0.15, -0.1) is 10.2 Å². The van der Waals surface area contributed by atoms with Crippen molar-refractivity contribution in [2.75, 3.05) is 26.9 Å². The Hall–Kier alpha value is -1.53. The lowest BCUT2D eigenvalue weighted by Crippen LogP contribution is -2.46. The first-order valence-electron chi connectivity index (χ1n) is 7.36. The molecule has 6 nitrogen and oxygen atoms in total. The Balaban J connectivity index is 1.71. The molecule has 6 heteroatoms. The van der Waals surface area contributed by atoms with Crippen molar-refractivity contribution < 1.29 is 19.0 Å². The van der Waals surface area contributed by atoms with Gasteiger partial charge in [0.25, 0.3) is 0 Å². The summed E-state index contributed by atoms with van der Waals surface area (Å²) in [7, 11) is 1.53. The molecule has 2 aliphatic heterocycles. The van der Waals surface area contributed by atoms with E-state index in [4.69, 9.17) is 14.2 Å².